The molecule has 1 aliphatic rings. The maximum absolute atomic E-state index is 14.0. The number of benzene rings is 3. The number of para-hydroxylation sites is 1. The fourth-order valence-electron chi connectivity index (χ4n) is 3.07. The lowest BCUT2D eigenvalue weighted by Gasteiger charge is -2.14. The Labute approximate surface area is 200 Å². The Morgan fingerprint density at radius 3 is 2.64 bits per heavy atom. The van der Waals surface area contributed by atoms with Crippen LogP contribution in [0.25, 0.3) is 6.08 Å². The molecule has 33 heavy (non-hydrogen) atoms. The molecular formula is C25H20ClFN2O3S. The van der Waals surface area contributed by atoms with E-state index in [4.69, 9.17) is 21.1 Å². The van der Waals surface area contributed by atoms with Gasteiger partial charge in [0.1, 0.15) is 12.4 Å². The first-order chi connectivity index (χ1) is 16.0. The summed E-state index contributed by atoms with van der Waals surface area (Å²) in [5, 5.41) is 3.59. The van der Waals surface area contributed by atoms with Gasteiger partial charge in [-0.3, -0.25) is 4.79 Å². The van der Waals surface area contributed by atoms with Gasteiger partial charge in [-0.1, -0.05) is 41.9 Å². The number of amides is 1. The highest BCUT2D eigenvalue weighted by atomic mass is 35.5. The van der Waals surface area contributed by atoms with Crippen LogP contribution in [0.1, 0.15) is 18.1 Å². The minimum atomic E-state index is -0.431. The van der Waals surface area contributed by atoms with E-state index in [0.717, 1.165) is 11.3 Å². The van der Waals surface area contributed by atoms with E-state index in [-0.39, 0.29) is 18.1 Å². The molecule has 0 spiro atoms. The van der Waals surface area contributed by atoms with Crippen molar-refractivity contribution in [2.45, 2.75) is 13.5 Å². The van der Waals surface area contributed by atoms with Crippen molar-refractivity contribution in [3.8, 4) is 11.5 Å². The van der Waals surface area contributed by atoms with Gasteiger partial charge in [-0.25, -0.2) is 9.38 Å². The van der Waals surface area contributed by atoms with Gasteiger partial charge in [-0.05, 0) is 66.7 Å². The number of thioether (sulfide) groups is 1. The molecule has 3 aromatic carbocycles. The van der Waals surface area contributed by atoms with Gasteiger partial charge in [-0.15, -0.1) is 0 Å². The van der Waals surface area contributed by atoms with Crippen molar-refractivity contribution in [2.24, 2.45) is 4.99 Å². The molecule has 0 bridgehead atoms. The van der Waals surface area contributed by atoms with Gasteiger partial charge < -0.3 is 14.8 Å². The third-order valence-corrected chi connectivity index (χ3v) is 5.90. The average Bonchev–Trinajstić information content (AvgIpc) is 3.14. The Morgan fingerprint density at radius 1 is 1.06 bits per heavy atom. The van der Waals surface area contributed by atoms with Gasteiger partial charge in [0.2, 0.25) is 0 Å². The zero-order chi connectivity index (χ0) is 23.2. The van der Waals surface area contributed by atoms with Crippen LogP contribution in [0.2, 0.25) is 5.02 Å². The average molecular weight is 483 g/mol. The van der Waals surface area contributed by atoms with Crippen LogP contribution in [0, 0.1) is 5.82 Å². The lowest BCUT2D eigenvalue weighted by atomic mass is 10.1. The van der Waals surface area contributed by atoms with Gasteiger partial charge in [0.25, 0.3) is 5.91 Å². The smallest absolute Gasteiger partial charge is 0.264 e. The second-order valence-corrected chi connectivity index (χ2v) is 8.38. The number of hydrogen-bond acceptors (Lipinski definition) is 5. The van der Waals surface area contributed by atoms with E-state index in [0.29, 0.717) is 33.2 Å². The molecule has 168 valence electrons. The number of nitrogens with one attached hydrogen (secondary N) is 1. The van der Waals surface area contributed by atoms with Crippen LogP contribution in [0.3, 0.4) is 0 Å². The van der Waals surface area contributed by atoms with Crippen molar-refractivity contribution in [3.63, 3.8) is 0 Å². The summed E-state index contributed by atoms with van der Waals surface area (Å²) >= 11 is 7.35. The van der Waals surface area contributed by atoms with Gasteiger partial charge in [0.05, 0.1) is 22.2 Å². The fraction of sp³-hybridized carbons (Fsp3) is 0.120. The van der Waals surface area contributed by atoms with Crippen molar-refractivity contribution >= 4 is 46.2 Å². The number of amidine groups is 1. The van der Waals surface area contributed by atoms with Gasteiger partial charge in [0.15, 0.2) is 16.7 Å². The molecule has 0 aromatic heterocycles. The van der Waals surface area contributed by atoms with Crippen molar-refractivity contribution in [3.05, 3.63) is 93.6 Å². The topological polar surface area (TPSA) is 59.9 Å². The molecule has 1 amide bonds. The maximum atomic E-state index is 14.0. The molecule has 3 aromatic rings. The number of hydrogen-bond donors (Lipinski definition) is 1. The van der Waals surface area contributed by atoms with Crippen molar-refractivity contribution < 1.29 is 18.7 Å². The number of aliphatic imine (C=N–C) groups is 1. The zero-order valence-electron chi connectivity index (χ0n) is 17.7. The lowest BCUT2D eigenvalue weighted by Crippen LogP contribution is -2.19. The summed E-state index contributed by atoms with van der Waals surface area (Å²) in [6, 6.07) is 19.2. The monoisotopic (exact) mass is 482 g/mol. The lowest BCUT2D eigenvalue weighted by molar-refractivity contribution is -0.115. The minimum absolute atomic E-state index is 0.0381. The molecular weight excluding hydrogens is 463 g/mol. The molecule has 0 saturated carbocycles. The van der Waals surface area contributed by atoms with E-state index in [1.54, 1.807) is 36.4 Å². The number of carbonyl (C=O) groups excluding carboxylic acids is 1. The third kappa shape index (κ3) is 5.74. The summed E-state index contributed by atoms with van der Waals surface area (Å²) in [6.07, 6.45) is 1.76. The standard InChI is InChI=1S/C25H20ClFN2O3S/c1-2-31-22-13-16(11-12-21(22)32-15-18-19(26)9-6-10-20(18)27)14-23-24(30)29-25(33-23)28-17-7-4-3-5-8-17/h3-14H,2,15H2,1H3,(H,28,29,30)/b23-14+. The number of nitrogens with zero attached hydrogens (tertiary/aromatic N) is 1. The molecule has 0 radical (unpaired) electrons. The summed E-state index contributed by atoms with van der Waals surface area (Å²) < 4.78 is 25.5. The molecule has 8 heteroatoms. The SMILES string of the molecule is CCOc1cc(/C=C2/SC(=Nc3ccccc3)NC2=O)ccc1OCc1c(F)cccc1Cl. The van der Waals surface area contributed by atoms with Crippen LogP contribution in [0.15, 0.2) is 76.6 Å². The number of carbonyl (C=O) groups is 1. The van der Waals surface area contributed by atoms with Crippen LogP contribution in [0.5, 0.6) is 11.5 Å². The molecule has 0 aliphatic carbocycles. The van der Waals surface area contributed by atoms with E-state index in [1.807, 2.05) is 37.3 Å². The van der Waals surface area contributed by atoms with Crippen LogP contribution in [-0.2, 0) is 11.4 Å². The van der Waals surface area contributed by atoms with E-state index in [2.05, 4.69) is 10.3 Å². The highest BCUT2D eigenvalue weighted by Crippen LogP contribution is 2.33. The molecule has 0 unspecified atom stereocenters. The van der Waals surface area contributed by atoms with E-state index >= 15 is 0 Å². The van der Waals surface area contributed by atoms with Crippen molar-refractivity contribution in [1.82, 2.24) is 5.32 Å². The second kappa shape index (κ2) is 10.6. The summed E-state index contributed by atoms with van der Waals surface area (Å²) in [7, 11) is 0. The quantitative estimate of drug-likeness (QED) is 0.399. The van der Waals surface area contributed by atoms with Gasteiger partial charge >= 0.3 is 0 Å². The number of rotatable bonds is 7. The zero-order valence-corrected chi connectivity index (χ0v) is 19.3. The van der Waals surface area contributed by atoms with E-state index in [1.165, 1.54) is 17.8 Å². The normalized spacial score (nSPS) is 15.7. The Morgan fingerprint density at radius 2 is 1.88 bits per heavy atom. The summed E-state index contributed by atoms with van der Waals surface area (Å²) in [5.41, 5.74) is 1.79. The predicted octanol–water partition coefficient (Wildman–Crippen LogP) is 6.35. The number of ether oxygens (including phenoxy) is 2. The Balaban J connectivity index is 1.53. The van der Waals surface area contributed by atoms with Crippen LogP contribution in [0.4, 0.5) is 10.1 Å². The molecule has 1 N–H and O–H groups in total. The minimum Gasteiger partial charge on any atom is -0.490 e. The first-order valence-corrected chi connectivity index (χ1v) is 11.4. The molecule has 1 aliphatic heterocycles. The summed E-state index contributed by atoms with van der Waals surface area (Å²) in [5.74, 6) is 0.287. The Hall–Kier alpha value is -3.29. The van der Waals surface area contributed by atoms with Gasteiger partial charge in [0, 0.05) is 5.56 Å². The third-order valence-electron chi connectivity index (χ3n) is 4.64. The highest BCUT2D eigenvalue weighted by molar-refractivity contribution is 8.18. The van der Waals surface area contributed by atoms with Crippen LogP contribution >= 0.6 is 23.4 Å². The summed E-state index contributed by atoms with van der Waals surface area (Å²) in [4.78, 5) is 17.4. The van der Waals surface area contributed by atoms with Gasteiger partial charge in [-0.2, -0.15) is 0 Å². The van der Waals surface area contributed by atoms with E-state index in [9.17, 15) is 9.18 Å². The second-order valence-electron chi connectivity index (χ2n) is 6.95. The molecule has 4 rings (SSSR count). The first kappa shape index (κ1) is 22.9. The molecule has 5 nitrogen and oxygen atoms in total. The molecule has 1 heterocycles. The van der Waals surface area contributed by atoms with E-state index < -0.39 is 5.82 Å². The van der Waals surface area contributed by atoms with Crippen molar-refractivity contribution in [1.29, 1.82) is 0 Å². The highest BCUT2D eigenvalue weighted by Gasteiger charge is 2.24. The van der Waals surface area contributed by atoms with Crippen molar-refractivity contribution in [2.75, 3.05) is 6.61 Å². The number of halogens is 2. The van der Waals surface area contributed by atoms with Crippen LogP contribution in [-0.4, -0.2) is 17.7 Å². The predicted molar refractivity (Wildman–Crippen MR) is 131 cm³/mol. The first-order valence-electron chi connectivity index (χ1n) is 10.2. The van der Waals surface area contributed by atoms with Crippen LogP contribution < -0.4 is 14.8 Å². The largest absolute Gasteiger partial charge is 0.490 e. The maximum Gasteiger partial charge on any atom is 0.264 e. The summed E-state index contributed by atoms with van der Waals surface area (Å²) in [6.45, 7) is 2.23. The Kier molecular flexibility index (Phi) is 7.32. The Bertz CT molecular complexity index is 1210. The molecule has 1 fully saturated rings. The fourth-order valence-corrected chi connectivity index (χ4v) is 4.13. The molecule has 1 saturated heterocycles. The molecule has 0 atom stereocenters.